The van der Waals surface area contributed by atoms with E-state index in [1.165, 1.54) is 12.3 Å². The van der Waals surface area contributed by atoms with Crippen LogP contribution in [0.1, 0.15) is 27.0 Å². The number of nitrogens with one attached hydrogen (secondary N) is 1. The first-order valence-corrected chi connectivity index (χ1v) is 7.72. The zero-order chi connectivity index (χ0) is 18.0. The number of rotatable bonds is 3. The predicted octanol–water partition coefficient (Wildman–Crippen LogP) is 2.25. The van der Waals surface area contributed by atoms with Gasteiger partial charge in [-0.1, -0.05) is 0 Å². The molecule has 0 fully saturated rings. The number of fused-ring (bicyclic) bond motifs is 1. The molecule has 3 rings (SSSR count). The lowest BCUT2D eigenvalue weighted by molar-refractivity contribution is 0.0954. The van der Waals surface area contributed by atoms with Crippen LogP contribution in [0.25, 0.3) is 0 Å². The molecule has 25 heavy (non-hydrogen) atoms. The lowest BCUT2D eigenvalue weighted by Crippen LogP contribution is -2.19. The van der Waals surface area contributed by atoms with Crippen LogP contribution in [0.3, 0.4) is 0 Å². The highest BCUT2D eigenvalue weighted by atomic mass is 16.6. The average molecular weight is 342 g/mol. The fourth-order valence-corrected chi connectivity index (χ4v) is 2.47. The lowest BCUT2D eigenvalue weighted by Gasteiger charge is -2.18. The number of hydrogen-bond acceptors (Lipinski definition) is 6. The summed E-state index contributed by atoms with van der Waals surface area (Å²) >= 11 is 0. The zero-order valence-corrected chi connectivity index (χ0v) is 13.9. The molecule has 1 aliphatic heterocycles. The van der Waals surface area contributed by atoms with Crippen molar-refractivity contribution in [3.63, 3.8) is 0 Å². The lowest BCUT2D eigenvalue weighted by atomic mass is 10.0. The fraction of sp³-hybridized carbons (Fsp3) is 0.222. The minimum absolute atomic E-state index is 0.00691. The predicted molar refractivity (Wildman–Crippen MR) is 91.7 cm³/mol. The molecule has 0 bridgehead atoms. The highest BCUT2D eigenvalue weighted by Gasteiger charge is 2.15. The van der Waals surface area contributed by atoms with Crippen LogP contribution in [0, 0.1) is 13.8 Å². The number of carbonyl (C=O) groups excluding carboxylic acids is 1. The summed E-state index contributed by atoms with van der Waals surface area (Å²) in [5.74, 6) is 0.639. The normalized spacial score (nSPS) is 13.0. The van der Waals surface area contributed by atoms with E-state index in [1.54, 1.807) is 32.0 Å². The number of ether oxygens (including phenoxy) is 2. The van der Waals surface area contributed by atoms with Crippen LogP contribution in [0.5, 0.6) is 23.0 Å². The Morgan fingerprint density at radius 1 is 1.16 bits per heavy atom. The summed E-state index contributed by atoms with van der Waals surface area (Å²) in [5.41, 5.74) is 4.20. The van der Waals surface area contributed by atoms with Gasteiger partial charge in [-0.2, -0.15) is 5.10 Å². The first kappa shape index (κ1) is 16.6. The highest BCUT2D eigenvalue weighted by molar-refractivity contribution is 5.96. The second-order valence-corrected chi connectivity index (χ2v) is 5.66. The van der Waals surface area contributed by atoms with E-state index in [-0.39, 0.29) is 11.5 Å². The van der Waals surface area contributed by atoms with Gasteiger partial charge in [-0.15, -0.1) is 0 Å². The Hall–Kier alpha value is -3.22. The van der Waals surface area contributed by atoms with Crippen molar-refractivity contribution in [2.75, 3.05) is 13.2 Å². The number of hydrogen-bond donors (Lipinski definition) is 3. The molecule has 2 aromatic rings. The molecule has 0 aliphatic carbocycles. The third kappa shape index (κ3) is 3.35. The smallest absolute Gasteiger partial charge is 0.271 e. The molecule has 1 aliphatic rings. The highest BCUT2D eigenvalue weighted by Crippen LogP contribution is 2.32. The number of nitrogens with zero attached hydrogens (tertiary/aromatic N) is 1. The molecule has 7 heteroatoms. The van der Waals surface area contributed by atoms with Crippen LogP contribution in [-0.4, -0.2) is 35.5 Å². The third-order valence-corrected chi connectivity index (χ3v) is 3.94. The molecule has 0 aromatic heterocycles. The number of phenolic OH excluding ortho intramolecular Hbond substituents is 2. The molecular weight excluding hydrogens is 324 g/mol. The Bertz CT molecular complexity index is 861. The molecule has 0 radical (unpaired) electrons. The molecule has 7 nitrogen and oxygen atoms in total. The molecule has 0 saturated heterocycles. The van der Waals surface area contributed by atoms with Gasteiger partial charge >= 0.3 is 0 Å². The zero-order valence-electron chi connectivity index (χ0n) is 13.9. The second kappa shape index (κ2) is 6.72. The molecule has 1 heterocycles. The van der Waals surface area contributed by atoms with Crippen molar-refractivity contribution < 1.29 is 24.5 Å². The van der Waals surface area contributed by atoms with Gasteiger partial charge in [0, 0.05) is 16.7 Å². The van der Waals surface area contributed by atoms with Crippen molar-refractivity contribution in [1.29, 1.82) is 0 Å². The van der Waals surface area contributed by atoms with E-state index in [2.05, 4.69) is 10.5 Å². The van der Waals surface area contributed by atoms with Gasteiger partial charge in [0.25, 0.3) is 5.91 Å². The van der Waals surface area contributed by atoms with Crippen molar-refractivity contribution in [2.45, 2.75) is 13.8 Å². The largest absolute Gasteiger partial charge is 0.508 e. The van der Waals surface area contributed by atoms with Gasteiger partial charge in [0.05, 0.1) is 6.21 Å². The standard InChI is InChI=1S/C18H18N2O5/c1-10-7-14(21)11(2)17(22)13(10)9-19-20-18(23)12-3-4-15-16(8-12)25-6-5-24-15/h3-4,7-9,21-22H,5-6H2,1-2H3,(H,20,23). The quantitative estimate of drug-likeness (QED) is 0.587. The summed E-state index contributed by atoms with van der Waals surface area (Å²) < 4.78 is 10.9. The number of aromatic hydroxyl groups is 2. The van der Waals surface area contributed by atoms with E-state index in [0.29, 0.717) is 47.0 Å². The van der Waals surface area contributed by atoms with Crippen LogP contribution < -0.4 is 14.9 Å². The van der Waals surface area contributed by atoms with E-state index in [1.807, 2.05) is 0 Å². The number of phenols is 2. The molecule has 130 valence electrons. The Balaban J connectivity index is 1.75. The van der Waals surface area contributed by atoms with Gasteiger partial charge in [0.2, 0.25) is 0 Å². The van der Waals surface area contributed by atoms with Crippen LogP contribution in [0.15, 0.2) is 29.4 Å². The van der Waals surface area contributed by atoms with Crippen LogP contribution in [0.2, 0.25) is 0 Å². The van der Waals surface area contributed by atoms with Crippen molar-refractivity contribution in [2.24, 2.45) is 5.10 Å². The first-order valence-electron chi connectivity index (χ1n) is 7.72. The number of hydrazone groups is 1. The molecule has 0 spiro atoms. The Kier molecular flexibility index (Phi) is 4.47. The molecule has 0 saturated carbocycles. The maximum absolute atomic E-state index is 12.2. The fourth-order valence-electron chi connectivity index (χ4n) is 2.47. The van der Waals surface area contributed by atoms with Crippen LogP contribution >= 0.6 is 0 Å². The summed E-state index contributed by atoms with van der Waals surface area (Å²) in [7, 11) is 0. The third-order valence-electron chi connectivity index (χ3n) is 3.94. The van der Waals surface area contributed by atoms with Crippen molar-refractivity contribution in [3.8, 4) is 23.0 Å². The topological polar surface area (TPSA) is 100 Å². The maximum Gasteiger partial charge on any atom is 0.271 e. The van der Waals surface area contributed by atoms with Gasteiger partial charge in [0.1, 0.15) is 24.7 Å². The minimum atomic E-state index is -0.416. The van der Waals surface area contributed by atoms with Gasteiger partial charge in [0.15, 0.2) is 11.5 Å². The van der Waals surface area contributed by atoms with E-state index >= 15 is 0 Å². The van der Waals surface area contributed by atoms with E-state index in [9.17, 15) is 15.0 Å². The Labute approximate surface area is 144 Å². The number of carbonyl (C=O) groups is 1. The summed E-state index contributed by atoms with van der Waals surface area (Å²) in [6.07, 6.45) is 1.34. The van der Waals surface area contributed by atoms with Crippen molar-refractivity contribution >= 4 is 12.1 Å². The van der Waals surface area contributed by atoms with Crippen molar-refractivity contribution in [3.05, 3.63) is 46.5 Å². The van der Waals surface area contributed by atoms with E-state index in [4.69, 9.17) is 9.47 Å². The molecule has 2 aromatic carbocycles. The molecule has 0 atom stereocenters. The van der Waals surface area contributed by atoms with E-state index in [0.717, 1.165) is 0 Å². The van der Waals surface area contributed by atoms with Gasteiger partial charge < -0.3 is 19.7 Å². The summed E-state index contributed by atoms with van der Waals surface area (Å²) in [6.45, 7) is 4.24. The number of amides is 1. The minimum Gasteiger partial charge on any atom is -0.508 e. The van der Waals surface area contributed by atoms with Gasteiger partial charge in [-0.25, -0.2) is 5.43 Å². The van der Waals surface area contributed by atoms with Crippen LogP contribution in [0.4, 0.5) is 0 Å². The molecular formula is C18H18N2O5. The van der Waals surface area contributed by atoms with E-state index < -0.39 is 5.91 Å². The second-order valence-electron chi connectivity index (χ2n) is 5.66. The first-order chi connectivity index (χ1) is 12.0. The molecule has 3 N–H and O–H groups in total. The summed E-state index contributed by atoms with van der Waals surface area (Å²) in [4.78, 5) is 12.2. The maximum atomic E-state index is 12.2. The summed E-state index contributed by atoms with van der Waals surface area (Å²) in [6, 6.07) is 6.41. The Morgan fingerprint density at radius 2 is 1.88 bits per heavy atom. The number of aryl methyl sites for hydroxylation is 1. The van der Waals surface area contributed by atoms with Gasteiger partial charge in [-0.05, 0) is 43.7 Å². The Morgan fingerprint density at radius 3 is 2.64 bits per heavy atom. The monoisotopic (exact) mass is 342 g/mol. The molecule has 0 unspecified atom stereocenters. The SMILES string of the molecule is Cc1cc(O)c(C)c(O)c1C=NNC(=O)c1ccc2c(c1)OCCO2. The molecule has 1 amide bonds. The summed E-state index contributed by atoms with van der Waals surface area (Å²) in [5, 5.41) is 23.6. The number of benzene rings is 2. The van der Waals surface area contributed by atoms with Crippen LogP contribution in [-0.2, 0) is 0 Å². The van der Waals surface area contributed by atoms with Crippen molar-refractivity contribution in [1.82, 2.24) is 5.43 Å². The van der Waals surface area contributed by atoms with Gasteiger partial charge in [-0.3, -0.25) is 4.79 Å². The average Bonchev–Trinajstić information content (AvgIpc) is 2.62.